The number of hydrogen-bond acceptors (Lipinski definition) is 4. The summed E-state index contributed by atoms with van der Waals surface area (Å²) < 4.78 is 4.94. The van der Waals surface area contributed by atoms with Crippen molar-refractivity contribution in [2.75, 3.05) is 45.3 Å². The number of nitrogens with one attached hydrogen (secondary N) is 1. The van der Waals surface area contributed by atoms with Gasteiger partial charge in [0.15, 0.2) is 0 Å². The van der Waals surface area contributed by atoms with Gasteiger partial charge in [-0.05, 0) is 18.6 Å². The molecule has 0 aromatic heterocycles. The number of aliphatic hydroxyl groups is 1. The summed E-state index contributed by atoms with van der Waals surface area (Å²) in [6.45, 7) is 4.71. The van der Waals surface area contributed by atoms with Crippen LogP contribution in [0.1, 0.15) is 5.56 Å². The highest BCUT2D eigenvalue weighted by atomic mass is 16.5. The molecule has 1 unspecified atom stereocenters. The molecule has 2 N–H and O–H groups in total. The molecular weight excluding hydrogens is 228 g/mol. The highest BCUT2D eigenvalue weighted by Crippen LogP contribution is 2.17. The van der Waals surface area contributed by atoms with Crippen molar-refractivity contribution in [3.8, 4) is 0 Å². The smallest absolute Gasteiger partial charge is 0.0839 e. The summed E-state index contributed by atoms with van der Waals surface area (Å²) >= 11 is 0. The Balaban J connectivity index is 2.35. The zero-order valence-electron chi connectivity index (χ0n) is 11.5. The minimum absolute atomic E-state index is 0.383. The van der Waals surface area contributed by atoms with Crippen LogP contribution in [0.4, 0.5) is 5.69 Å². The number of ether oxygens (including phenoxy) is 1. The molecule has 0 aliphatic heterocycles. The van der Waals surface area contributed by atoms with Gasteiger partial charge in [-0.3, -0.25) is 0 Å². The van der Waals surface area contributed by atoms with Gasteiger partial charge in [0.05, 0.1) is 12.7 Å². The quantitative estimate of drug-likeness (QED) is 0.678. The lowest BCUT2D eigenvalue weighted by atomic mass is 10.2. The summed E-state index contributed by atoms with van der Waals surface area (Å²) in [6.07, 6.45) is -0.383. The van der Waals surface area contributed by atoms with Crippen molar-refractivity contribution in [1.29, 1.82) is 0 Å². The molecule has 0 spiro atoms. The van der Waals surface area contributed by atoms with Crippen LogP contribution >= 0.6 is 0 Å². The number of rotatable bonds is 8. The minimum atomic E-state index is -0.383. The molecule has 18 heavy (non-hydrogen) atoms. The van der Waals surface area contributed by atoms with Crippen LogP contribution in [-0.4, -0.2) is 51.6 Å². The van der Waals surface area contributed by atoms with Gasteiger partial charge in [0.25, 0.3) is 0 Å². The van der Waals surface area contributed by atoms with Gasteiger partial charge in [0, 0.05) is 39.5 Å². The third-order valence-electron chi connectivity index (χ3n) is 2.87. The summed E-state index contributed by atoms with van der Waals surface area (Å²) in [4.78, 5) is 2.08. The van der Waals surface area contributed by atoms with Crippen LogP contribution in [0.15, 0.2) is 24.3 Å². The molecule has 1 aromatic rings. The summed E-state index contributed by atoms with van der Waals surface area (Å²) in [5.74, 6) is 0. The molecule has 4 heteroatoms. The fourth-order valence-corrected chi connectivity index (χ4v) is 1.91. The van der Waals surface area contributed by atoms with Gasteiger partial charge in [-0.1, -0.05) is 18.2 Å². The second-order valence-corrected chi connectivity index (χ2v) is 4.52. The highest BCUT2D eigenvalue weighted by molar-refractivity contribution is 5.52. The molecule has 1 aromatic carbocycles. The van der Waals surface area contributed by atoms with Gasteiger partial charge < -0.3 is 20.1 Å². The molecule has 1 atom stereocenters. The number of nitrogens with zero attached hydrogens (tertiary/aromatic N) is 1. The lowest BCUT2D eigenvalue weighted by molar-refractivity contribution is 0.164. The van der Waals surface area contributed by atoms with Crippen molar-refractivity contribution in [3.05, 3.63) is 29.8 Å². The van der Waals surface area contributed by atoms with E-state index in [9.17, 15) is 5.11 Å². The SMILES string of the molecule is COCCNCC(O)CN(C)c1ccccc1C. The molecule has 0 amide bonds. The van der Waals surface area contributed by atoms with Gasteiger partial charge in [0.2, 0.25) is 0 Å². The highest BCUT2D eigenvalue weighted by Gasteiger charge is 2.09. The summed E-state index contributed by atoms with van der Waals surface area (Å²) in [6, 6.07) is 8.19. The molecule has 1 rings (SSSR count). The molecule has 102 valence electrons. The zero-order valence-corrected chi connectivity index (χ0v) is 11.5. The Morgan fingerprint density at radius 3 is 2.78 bits per heavy atom. The van der Waals surface area contributed by atoms with E-state index in [2.05, 4.69) is 29.3 Å². The second kappa shape index (κ2) is 8.08. The Morgan fingerprint density at radius 1 is 1.39 bits per heavy atom. The second-order valence-electron chi connectivity index (χ2n) is 4.52. The van der Waals surface area contributed by atoms with Gasteiger partial charge in [-0.15, -0.1) is 0 Å². The number of methoxy groups -OCH3 is 1. The first kappa shape index (κ1) is 15.0. The van der Waals surface area contributed by atoms with Crippen molar-refractivity contribution in [2.45, 2.75) is 13.0 Å². The third kappa shape index (κ3) is 5.04. The topological polar surface area (TPSA) is 44.7 Å². The van der Waals surface area contributed by atoms with Gasteiger partial charge in [-0.2, -0.15) is 0 Å². The van der Waals surface area contributed by atoms with Crippen molar-refractivity contribution >= 4 is 5.69 Å². The Labute approximate surface area is 110 Å². The van der Waals surface area contributed by atoms with E-state index in [0.29, 0.717) is 19.7 Å². The molecular formula is C14H24N2O2. The van der Waals surface area contributed by atoms with E-state index in [-0.39, 0.29) is 6.10 Å². The predicted octanol–water partition coefficient (Wildman–Crippen LogP) is 1.03. The predicted molar refractivity (Wildman–Crippen MR) is 75.2 cm³/mol. The first-order valence-electron chi connectivity index (χ1n) is 6.29. The molecule has 0 saturated heterocycles. The Bertz CT molecular complexity index is 344. The van der Waals surface area contributed by atoms with Crippen LogP contribution in [0.5, 0.6) is 0 Å². The number of benzene rings is 1. The van der Waals surface area contributed by atoms with Crippen LogP contribution < -0.4 is 10.2 Å². The molecule has 0 heterocycles. The van der Waals surface area contributed by atoms with Crippen molar-refractivity contribution in [3.63, 3.8) is 0 Å². The molecule has 0 bridgehead atoms. The number of likely N-dealkylation sites (N-methyl/N-ethyl adjacent to an activating group) is 1. The van der Waals surface area contributed by atoms with Crippen LogP contribution in [0.3, 0.4) is 0 Å². The number of hydrogen-bond donors (Lipinski definition) is 2. The third-order valence-corrected chi connectivity index (χ3v) is 2.87. The van der Waals surface area contributed by atoms with Crippen molar-refractivity contribution in [1.82, 2.24) is 5.32 Å². The van der Waals surface area contributed by atoms with E-state index in [0.717, 1.165) is 12.2 Å². The average Bonchev–Trinajstić information content (AvgIpc) is 2.35. The maximum absolute atomic E-state index is 9.93. The molecule has 4 nitrogen and oxygen atoms in total. The maximum atomic E-state index is 9.93. The Kier molecular flexibility index (Phi) is 6.72. The first-order chi connectivity index (χ1) is 8.65. The monoisotopic (exact) mass is 252 g/mol. The van der Waals surface area contributed by atoms with Crippen molar-refractivity contribution < 1.29 is 9.84 Å². The number of para-hydroxylation sites is 1. The van der Waals surface area contributed by atoms with Crippen LogP contribution in [0, 0.1) is 6.92 Å². The van der Waals surface area contributed by atoms with E-state index in [1.54, 1.807) is 7.11 Å². The zero-order chi connectivity index (χ0) is 13.4. The van der Waals surface area contributed by atoms with Gasteiger partial charge in [0.1, 0.15) is 0 Å². The molecule has 0 radical (unpaired) electrons. The first-order valence-corrected chi connectivity index (χ1v) is 6.29. The van der Waals surface area contributed by atoms with Gasteiger partial charge in [-0.25, -0.2) is 0 Å². The fraction of sp³-hybridized carbons (Fsp3) is 0.571. The van der Waals surface area contributed by atoms with E-state index in [1.807, 2.05) is 19.2 Å². The number of aryl methyl sites for hydroxylation is 1. The summed E-state index contributed by atoms with van der Waals surface area (Å²) in [7, 11) is 3.67. The fourth-order valence-electron chi connectivity index (χ4n) is 1.91. The molecule has 0 aliphatic rings. The van der Waals surface area contributed by atoms with Crippen LogP contribution in [-0.2, 0) is 4.74 Å². The minimum Gasteiger partial charge on any atom is -0.390 e. The molecule has 0 fully saturated rings. The number of aliphatic hydroxyl groups excluding tert-OH is 1. The number of anilines is 1. The Hall–Kier alpha value is -1.10. The average molecular weight is 252 g/mol. The van der Waals surface area contributed by atoms with Crippen molar-refractivity contribution in [2.24, 2.45) is 0 Å². The lowest BCUT2D eigenvalue weighted by Crippen LogP contribution is -2.37. The summed E-state index contributed by atoms with van der Waals surface area (Å²) in [5, 5.41) is 13.1. The van der Waals surface area contributed by atoms with Crippen LogP contribution in [0.2, 0.25) is 0 Å². The van der Waals surface area contributed by atoms with E-state index >= 15 is 0 Å². The Morgan fingerprint density at radius 2 is 2.11 bits per heavy atom. The lowest BCUT2D eigenvalue weighted by Gasteiger charge is -2.24. The maximum Gasteiger partial charge on any atom is 0.0839 e. The van der Waals surface area contributed by atoms with E-state index < -0.39 is 0 Å². The van der Waals surface area contributed by atoms with E-state index in [1.165, 1.54) is 5.56 Å². The van der Waals surface area contributed by atoms with E-state index in [4.69, 9.17) is 4.74 Å². The van der Waals surface area contributed by atoms with Gasteiger partial charge >= 0.3 is 0 Å². The standard InChI is InChI=1S/C14H24N2O2/c1-12-6-4-5-7-14(12)16(2)11-13(17)10-15-8-9-18-3/h4-7,13,15,17H,8-11H2,1-3H3. The molecule has 0 aliphatic carbocycles. The van der Waals surface area contributed by atoms with Crippen LogP contribution in [0.25, 0.3) is 0 Å². The largest absolute Gasteiger partial charge is 0.390 e. The molecule has 0 saturated carbocycles. The summed E-state index contributed by atoms with van der Waals surface area (Å²) in [5.41, 5.74) is 2.38. The normalized spacial score (nSPS) is 12.4.